The molecule has 238 valence electrons. The van der Waals surface area contributed by atoms with E-state index in [-0.39, 0.29) is 0 Å². The number of para-hydroxylation sites is 7. The molecule has 0 N–H and O–H groups in total. The molecule has 0 bridgehead atoms. The zero-order valence-electron chi connectivity index (χ0n) is 27.1. The maximum atomic E-state index is 6.41. The van der Waals surface area contributed by atoms with E-state index >= 15 is 0 Å². The molecular formula is C44H26N6O. The van der Waals surface area contributed by atoms with E-state index < -0.39 is 0 Å². The van der Waals surface area contributed by atoms with Gasteiger partial charge in [0, 0.05) is 33.3 Å². The second-order valence-electron chi connectivity index (χ2n) is 13.1. The average Bonchev–Trinajstić information content (AvgIpc) is 3.92. The van der Waals surface area contributed by atoms with Crippen LogP contribution in [0, 0.1) is 0 Å². The quantitative estimate of drug-likeness (QED) is 0.186. The highest BCUT2D eigenvalue weighted by Gasteiger charge is 2.21. The van der Waals surface area contributed by atoms with E-state index in [0.29, 0.717) is 0 Å². The molecule has 0 spiro atoms. The van der Waals surface area contributed by atoms with Gasteiger partial charge in [0.05, 0.1) is 49.8 Å². The Labute approximate surface area is 289 Å². The fourth-order valence-electron chi connectivity index (χ4n) is 8.20. The van der Waals surface area contributed by atoms with Gasteiger partial charge in [-0.1, -0.05) is 78.9 Å². The minimum Gasteiger partial charge on any atom is -0.456 e. The third kappa shape index (κ3) is 3.56. The standard InChI is InChI=1S/C44H26N6O/c1-6-16-35-29(11-1)30-12-2-7-17-36(30)47(35)27-22-24-39-40(25-27)50-38-19-9-5-15-34(38)46-44(50)48(43-45-33-14-4-8-18-37(33)49(39)43)28-21-23-32-31-13-3-10-20-41(31)51-42(32)26-28/h1-26H. The second kappa shape index (κ2) is 9.74. The molecule has 0 fully saturated rings. The number of imidazole rings is 2. The molecule has 5 heterocycles. The first-order valence-corrected chi connectivity index (χ1v) is 17.1. The monoisotopic (exact) mass is 654 g/mol. The molecular weight excluding hydrogens is 629 g/mol. The maximum Gasteiger partial charge on any atom is 0.223 e. The van der Waals surface area contributed by atoms with Crippen LogP contribution in [0.2, 0.25) is 0 Å². The van der Waals surface area contributed by atoms with Crippen LogP contribution in [-0.2, 0) is 0 Å². The van der Waals surface area contributed by atoms with Crippen LogP contribution in [0.4, 0.5) is 0 Å². The van der Waals surface area contributed by atoms with Crippen molar-refractivity contribution in [2.75, 3.05) is 0 Å². The van der Waals surface area contributed by atoms with Crippen LogP contribution in [0.1, 0.15) is 0 Å². The normalized spacial score (nSPS) is 12.3. The molecule has 0 aliphatic heterocycles. The van der Waals surface area contributed by atoms with E-state index in [9.17, 15) is 0 Å². The molecule has 0 radical (unpaired) electrons. The van der Waals surface area contributed by atoms with Crippen molar-refractivity contribution in [3.63, 3.8) is 0 Å². The van der Waals surface area contributed by atoms with E-state index in [1.807, 2.05) is 24.3 Å². The van der Waals surface area contributed by atoms with Crippen molar-refractivity contribution in [2.24, 2.45) is 0 Å². The molecule has 0 amide bonds. The van der Waals surface area contributed by atoms with Gasteiger partial charge in [-0.3, -0.25) is 8.80 Å². The minimum absolute atomic E-state index is 0.751. The number of aromatic nitrogens is 6. The summed E-state index contributed by atoms with van der Waals surface area (Å²) in [6, 6.07) is 55.3. The van der Waals surface area contributed by atoms with Crippen LogP contribution in [-0.4, -0.2) is 27.9 Å². The average molecular weight is 655 g/mol. The predicted octanol–water partition coefficient (Wildman–Crippen LogP) is 10.8. The Kier molecular flexibility index (Phi) is 5.12. The van der Waals surface area contributed by atoms with Crippen LogP contribution >= 0.6 is 0 Å². The lowest BCUT2D eigenvalue weighted by Crippen LogP contribution is -2.01. The van der Waals surface area contributed by atoms with Crippen molar-refractivity contribution in [1.29, 1.82) is 0 Å². The highest BCUT2D eigenvalue weighted by Crippen LogP contribution is 2.36. The summed E-state index contributed by atoms with van der Waals surface area (Å²) in [5, 5.41) is 4.63. The lowest BCUT2D eigenvalue weighted by atomic mass is 10.1. The van der Waals surface area contributed by atoms with E-state index in [1.165, 1.54) is 10.8 Å². The van der Waals surface area contributed by atoms with Crippen molar-refractivity contribution in [3.05, 3.63) is 158 Å². The van der Waals surface area contributed by atoms with Gasteiger partial charge in [0.15, 0.2) is 0 Å². The largest absolute Gasteiger partial charge is 0.456 e. The molecule has 0 saturated carbocycles. The molecule has 0 unspecified atom stereocenters. The zero-order chi connectivity index (χ0) is 33.2. The molecule has 12 rings (SSSR count). The first-order chi connectivity index (χ1) is 25.3. The SMILES string of the molecule is c1ccc2c(c1)nc1n(-c3ccc4c(c3)oc3ccccc34)c3nc4ccccc4n3c3cc(-n4c5ccccc5c5ccccc54)ccc3n21. The number of nitrogens with zero attached hydrogens (tertiary/aromatic N) is 6. The fraction of sp³-hybridized carbons (Fsp3) is 0. The lowest BCUT2D eigenvalue weighted by molar-refractivity contribution is 0.668. The van der Waals surface area contributed by atoms with E-state index in [1.54, 1.807) is 0 Å². The zero-order valence-corrected chi connectivity index (χ0v) is 27.1. The summed E-state index contributed by atoms with van der Waals surface area (Å²) in [7, 11) is 0. The van der Waals surface area contributed by atoms with Gasteiger partial charge in [-0.2, -0.15) is 0 Å². The van der Waals surface area contributed by atoms with Crippen LogP contribution < -0.4 is 0 Å². The Morgan fingerprint density at radius 1 is 0.353 bits per heavy atom. The van der Waals surface area contributed by atoms with Gasteiger partial charge in [-0.15, -0.1) is 0 Å². The van der Waals surface area contributed by atoms with Crippen molar-refractivity contribution in [1.82, 2.24) is 27.9 Å². The van der Waals surface area contributed by atoms with Gasteiger partial charge >= 0.3 is 0 Å². The Hall–Kier alpha value is -7.12. The molecule has 7 heteroatoms. The summed E-state index contributed by atoms with van der Waals surface area (Å²) >= 11 is 0. The third-order valence-corrected chi connectivity index (χ3v) is 10.4. The fourth-order valence-corrected chi connectivity index (χ4v) is 8.20. The molecule has 51 heavy (non-hydrogen) atoms. The highest BCUT2D eigenvalue weighted by molar-refractivity contribution is 6.09. The Morgan fingerprint density at radius 2 is 0.863 bits per heavy atom. The third-order valence-electron chi connectivity index (χ3n) is 10.4. The molecule has 0 saturated heterocycles. The number of rotatable bonds is 2. The van der Waals surface area contributed by atoms with Gasteiger partial charge in [0.2, 0.25) is 11.6 Å². The Balaban J connectivity index is 1.29. The summed E-state index contributed by atoms with van der Waals surface area (Å²) in [6.45, 7) is 0. The summed E-state index contributed by atoms with van der Waals surface area (Å²) in [6.07, 6.45) is 0. The number of hydrogen-bond acceptors (Lipinski definition) is 3. The predicted molar refractivity (Wildman–Crippen MR) is 206 cm³/mol. The first-order valence-electron chi connectivity index (χ1n) is 17.1. The number of benzene rings is 7. The number of hydrogen-bond donors (Lipinski definition) is 0. The number of furan rings is 1. The van der Waals surface area contributed by atoms with Crippen LogP contribution in [0.25, 0.3) is 99.8 Å². The molecule has 7 nitrogen and oxygen atoms in total. The molecule has 7 aromatic carbocycles. The molecule has 0 aliphatic rings. The summed E-state index contributed by atoms with van der Waals surface area (Å²) in [5.41, 5.74) is 11.8. The maximum absolute atomic E-state index is 6.41. The lowest BCUT2D eigenvalue weighted by Gasteiger charge is -2.10. The van der Waals surface area contributed by atoms with E-state index in [0.717, 1.165) is 89.0 Å². The minimum atomic E-state index is 0.751. The molecule has 12 aromatic rings. The van der Waals surface area contributed by atoms with Gasteiger partial charge in [-0.25, -0.2) is 14.5 Å². The van der Waals surface area contributed by atoms with Crippen molar-refractivity contribution in [3.8, 4) is 11.4 Å². The van der Waals surface area contributed by atoms with E-state index in [2.05, 4.69) is 151 Å². The molecule has 0 atom stereocenters. The van der Waals surface area contributed by atoms with Gasteiger partial charge in [0.1, 0.15) is 11.2 Å². The van der Waals surface area contributed by atoms with Crippen LogP contribution in [0.15, 0.2) is 162 Å². The smallest absolute Gasteiger partial charge is 0.223 e. The second-order valence-corrected chi connectivity index (χ2v) is 13.1. The van der Waals surface area contributed by atoms with Crippen molar-refractivity contribution in [2.45, 2.75) is 0 Å². The van der Waals surface area contributed by atoms with Gasteiger partial charge < -0.3 is 8.98 Å². The first kappa shape index (κ1) is 26.8. The van der Waals surface area contributed by atoms with Crippen molar-refractivity contribution >= 4 is 88.4 Å². The van der Waals surface area contributed by atoms with Crippen molar-refractivity contribution < 1.29 is 4.42 Å². The summed E-state index contributed by atoms with van der Waals surface area (Å²) < 4.78 is 15.5. The van der Waals surface area contributed by atoms with Crippen LogP contribution in [0.5, 0.6) is 0 Å². The van der Waals surface area contributed by atoms with Crippen LogP contribution in [0.3, 0.4) is 0 Å². The highest BCUT2D eigenvalue weighted by atomic mass is 16.3. The number of fused-ring (bicyclic) bond motifs is 15. The molecule has 0 aliphatic carbocycles. The van der Waals surface area contributed by atoms with E-state index in [4.69, 9.17) is 14.4 Å². The van der Waals surface area contributed by atoms with Gasteiger partial charge in [0.25, 0.3) is 0 Å². The Morgan fingerprint density at radius 3 is 1.55 bits per heavy atom. The Bertz CT molecular complexity index is 3390. The summed E-state index contributed by atoms with van der Waals surface area (Å²) in [4.78, 5) is 10.7. The molecule has 5 aromatic heterocycles. The summed E-state index contributed by atoms with van der Waals surface area (Å²) in [5.74, 6) is 1.51. The topological polar surface area (TPSA) is 57.6 Å². The van der Waals surface area contributed by atoms with Gasteiger partial charge in [-0.05, 0) is 72.8 Å².